The molecule has 17 heavy (non-hydrogen) atoms. The fourth-order valence-corrected chi connectivity index (χ4v) is 1.46. The molecule has 0 amide bonds. The van der Waals surface area contributed by atoms with Crippen molar-refractivity contribution in [3.8, 4) is 5.75 Å². The molecule has 4 nitrogen and oxygen atoms in total. The summed E-state index contributed by atoms with van der Waals surface area (Å²) in [6.45, 7) is 8.57. The lowest BCUT2D eigenvalue weighted by Gasteiger charge is -2.20. The molecule has 0 saturated carbocycles. The van der Waals surface area contributed by atoms with Crippen molar-refractivity contribution in [3.63, 3.8) is 0 Å². The fraction of sp³-hybridized carbons (Fsp3) is 0.462. The van der Waals surface area contributed by atoms with Gasteiger partial charge in [-0.25, -0.2) is 0 Å². The van der Waals surface area contributed by atoms with E-state index in [-0.39, 0.29) is 17.9 Å². The van der Waals surface area contributed by atoms with Crippen molar-refractivity contribution < 1.29 is 9.94 Å². The van der Waals surface area contributed by atoms with Crippen LogP contribution in [0, 0.1) is 6.92 Å². The molecule has 0 atom stereocenters. The third-order valence-corrected chi connectivity index (χ3v) is 2.54. The van der Waals surface area contributed by atoms with Crippen molar-refractivity contribution in [2.45, 2.75) is 33.1 Å². The number of oxime groups is 1. The van der Waals surface area contributed by atoms with Gasteiger partial charge in [0.25, 0.3) is 0 Å². The zero-order chi connectivity index (χ0) is 13.1. The Labute approximate surface area is 102 Å². The number of benzene rings is 1. The molecule has 0 unspecified atom stereocenters. The topological polar surface area (TPSA) is 67.8 Å². The minimum Gasteiger partial charge on any atom is -0.485 e. The first-order valence-corrected chi connectivity index (χ1v) is 5.55. The average Bonchev–Trinajstić information content (AvgIpc) is 2.25. The summed E-state index contributed by atoms with van der Waals surface area (Å²) in [5, 5.41) is 11.3. The maximum absolute atomic E-state index is 8.42. The van der Waals surface area contributed by atoms with Gasteiger partial charge in [0, 0.05) is 0 Å². The Morgan fingerprint density at radius 3 is 2.53 bits per heavy atom. The van der Waals surface area contributed by atoms with Crippen LogP contribution >= 0.6 is 0 Å². The fourth-order valence-electron chi connectivity index (χ4n) is 1.46. The van der Waals surface area contributed by atoms with Gasteiger partial charge in [-0.05, 0) is 29.5 Å². The Bertz CT molecular complexity index is 420. The summed E-state index contributed by atoms with van der Waals surface area (Å²) in [6.07, 6.45) is 0. The van der Waals surface area contributed by atoms with Gasteiger partial charge in [-0.1, -0.05) is 38.1 Å². The molecular formula is C13H20N2O2. The van der Waals surface area contributed by atoms with Crippen molar-refractivity contribution in [1.29, 1.82) is 0 Å². The van der Waals surface area contributed by atoms with Crippen LogP contribution < -0.4 is 10.5 Å². The Kier molecular flexibility index (Phi) is 3.99. The summed E-state index contributed by atoms with van der Waals surface area (Å²) in [4.78, 5) is 0. The second-order valence-electron chi connectivity index (χ2n) is 5.11. The van der Waals surface area contributed by atoms with E-state index in [0.29, 0.717) is 0 Å². The summed E-state index contributed by atoms with van der Waals surface area (Å²) in [6, 6.07) is 6.05. The van der Waals surface area contributed by atoms with Crippen molar-refractivity contribution in [2.75, 3.05) is 6.61 Å². The van der Waals surface area contributed by atoms with Crippen LogP contribution in [0.3, 0.4) is 0 Å². The predicted octanol–water partition coefficient (Wildman–Crippen LogP) is 2.42. The maximum Gasteiger partial charge on any atom is 0.177 e. The molecule has 1 rings (SSSR count). The highest BCUT2D eigenvalue weighted by Crippen LogP contribution is 2.27. The first kappa shape index (κ1) is 13.4. The predicted molar refractivity (Wildman–Crippen MR) is 68.8 cm³/mol. The van der Waals surface area contributed by atoms with Crippen LogP contribution in [0.2, 0.25) is 0 Å². The first-order valence-electron chi connectivity index (χ1n) is 5.55. The number of nitrogens with two attached hydrogens (primary N) is 1. The highest BCUT2D eigenvalue weighted by atomic mass is 16.5. The average molecular weight is 236 g/mol. The molecule has 1 aromatic carbocycles. The molecule has 0 heterocycles. The van der Waals surface area contributed by atoms with Gasteiger partial charge < -0.3 is 15.7 Å². The molecule has 0 bridgehead atoms. The largest absolute Gasteiger partial charge is 0.485 e. The van der Waals surface area contributed by atoms with Gasteiger partial charge in [-0.2, -0.15) is 0 Å². The van der Waals surface area contributed by atoms with E-state index in [1.807, 2.05) is 19.1 Å². The number of ether oxygens (including phenoxy) is 1. The number of hydrogen-bond acceptors (Lipinski definition) is 3. The second kappa shape index (κ2) is 5.08. The summed E-state index contributed by atoms with van der Waals surface area (Å²) in [5.41, 5.74) is 7.77. The molecule has 0 fully saturated rings. The highest BCUT2D eigenvalue weighted by molar-refractivity contribution is 5.81. The Balaban J connectivity index is 2.84. The lowest BCUT2D eigenvalue weighted by atomic mass is 9.86. The lowest BCUT2D eigenvalue weighted by molar-refractivity contribution is 0.306. The SMILES string of the molecule is Cc1cc(C(C)(C)C)ccc1OC/C(N)=N/O. The summed E-state index contributed by atoms with van der Waals surface area (Å²) in [7, 11) is 0. The Morgan fingerprint density at radius 2 is 2.06 bits per heavy atom. The summed E-state index contributed by atoms with van der Waals surface area (Å²) < 4.78 is 5.44. The van der Waals surface area contributed by atoms with Crippen LogP contribution in [0.4, 0.5) is 0 Å². The number of rotatable bonds is 3. The van der Waals surface area contributed by atoms with E-state index in [1.165, 1.54) is 5.56 Å². The first-order chi connectivity index (χ1) is 7.84. The van der Waals surface area contributed by atoms with E-state index >= 15 is 0 Å². The number of hydrogen-bond donors (Lipinski definition) is 2. The quantitative estimate of drug-likeness (QED) is 0.366. The number of nitrogens with zero attached hydrogens (tertiary/aromatic N) is 1. The van der Waals surface area contributed by atoms with Gasteiger partial charge in [-0.3, -0.25) is 0 Å². The lowest BCUT2D eigenvalue weighted by Crippen LogP contribution is -2.21. The van der Waals surface area contributed by atoms with Crippen molar-refractivity contribution >= 4 is 5.84 Å². The van der Waals surface area contributed by atoms with Gasteiger partial charge >= 0.3 is 0 Å². The zero-order valence-corrected chi connectivity index (χ0v) is 10.8. The van der Waals surface area contributed by atoms with Crippen LogP contribution in [0.25, 0.3) is 0 Å². The molecule has 0 saturated heterocycles. The van der Waals surface area contributed by atoms with Crippen LogP contribution in [-0.2, 0) is 5.41 Å². The molecule has 0 radical (unpaired) electrons. The van der Waals surface area contributed by atoms with Gasteiger partial charge in [0.15, 0.2) is 5.84 Å². The molecule has 0 aromatic heterocycles. The molecular weight excluding hydrogens is 216 g/mol. The van der Waals surface area contributed by atoms with Gasteiger partial charge in [0.05, 0.1) is 0 Å². The zero-order valence-electron chi connectivity index (χ0n) is 10.8. The maximum atomic E-state index is 8.42. The minimum atomic E-state index is 0.0595. The van der Waals surface area contributed by atoms with Gasteiger partial charge in [-0.15, -0.1) is 0 Å². The molecule has 4 heteroatoms. The van der Waals surface area contributed by atoms with Gasteiger partial charge in [0.1, 0.15) is 12.4 Å². The second-order valence-corrected chi connectivity index (χ2v) is 5.11. The van der Waals surface area contributed by atoms with E-state index in [1.54, 1.807) is 0 Å². The monoisotopic (exact) mass is 236 g/mol. The summed E-state index contributed by atoms with van der Waals surface area (Å²) >= 11 is 0. The standard InChI is InChI=1S/C13H20N2O2/c1-9-7-10(13(2,3)4)5-6-11(9)17-8-12(14)15-16/h5-7,16H,8H2,1-4H3,(H2,14,15). The minimum absolute atomic E-state index is 0.0595. The van der Waals surface area contributed by atoms with Crippen molar-refractivity contribution in [1.82, 2.24) is 0 Å². The third kappa shape index (κ3) is 3.66. The van der Waals surface area contributed by atoms with Crippen LogP contribution in [0.15, 0.2) is 23.4 Å². The van der Waals surface area contributed by atoms with E-state index in [0.717, 1.165) is 11.3 Å². The normalized spacial score (nSPS) is 12.6. The summed E-state index contributed by atoms with van der Waals surface area (Å²) in [5.74, 6) is 0.814. The molecule has 0 aliphatic heterocycles. The van der Waals surface area contributed by atoms with Crippen molar-refractivity contribution in [3.05, 3.63) is 29.3 Å². The smallest absolute Gasteiger partial charge is 0.177 e. The van der Waals surface area contributed by atoms with E-state index in [9.17, 15) is 0 Å². The third-order valence-electron chi connectivity index (χ3n) is 2.54. The molecule has 3 N–H and O–H groups in total. The molecule has 0 aliphatic carbocycles. The molecule has 0 spiro atoms. The van der Waals surface area contributed by atoms with Crippen LogP contribution in [0.5, 0.6) is 5.75 Å². The molecule has 94 valence electrons. The Morgan fingerprint density at radius 1 is 1.41 bits per heavy atom. The highest BCUT2D eigenvalue weighted by Gasteiger charge is 2.14. The van der Waals surface area contributed by atoms with E-state index in [4.69, 9.17) is 15.7 Å². The van der Waals surface area contributed by atoms with E-state index < -0.39 is 0 Å². The van der Waals surface area contributed by atoms with Crippen molar-refractivity contribution in [2.24, 2.45) is 10.9 Å². The van der Waals surface area contributed by atoms with Gasteiger partial charge in [0.2, 0.25) is 0 Å². The molecule has 0 aliphatic rings. The number of amidine groups is 1. The molecule has 1 aromatic rings. The van der Waals surface area contributed by atoms with E-state index in [2.05, 4.69) is 32.0 Å². The van der Waals surface area contributed by atoms with Crippen LogP contribution in [-0.4, -0.2) is 17.6 Å². The van der Waals surface area contributed by atoms with Crippen LogP contribution in [0.1, 0.15) is 31.9 Å². The number of aryl methyl sites for hydroxylation is 1. The Hall–Kier alpha value is -1.71.